The van der Waals surface area contributed by atoms with Crippen molar-refractivity contribution in [1.82, 2.24) is 0 Å². The molecule has 116 valence electrons. The van der Waals surface area contributed by atoms with Crippen LogP contribution in [-0.4, -0.2) is 11.9 Å². The van der Waals surface area contributed by atoms with E-state index in [-0.39, 0.29) is 18.0 Å². The Morgan fingerprint density at radius 2 is 1.73 bits per heavy atom. The molecule has 2 aromatic rings. The first-order valence-corrected chi connectivity index (χ1v) is 7.88. The fourth-order valence-corrected chi connectivity index (χ4v) is 2.54. The molecule has 0 fully saturated rings. The lowest BCUT2D eigenvalue weighted by Gasteiger charge is -2.17. The molecule has 2 rings (SSSR count). The Labute approximate surface area is 140 Å². The SMILES string of the molecule is C[C@H]([NH2+][C@@H](C)c1cccc(Cl)c1)C(=O)Nc1ccc(Cl)cc1. The van der Waals surface area contributed by atoms with Crippen LogP contribution in [0.1, 0.15) is 25.5 Å². The second kappa shape index (κ2) is 7.63. The average molecular weight is 338 g/mol. The van der Waals surface area contributed by atoms with Gasteiger partial charge in [0.25, 0.3) is 5.91 Å². The minimum atomic E-state index is -0.218. The summed E-state index contributed by atoms with van der Waals surface area (Å²) in [5, 5.41) is 6.24. The minimum absolute atomic E-state index is 0.0452. The maximum absolute atomic E-state index is 12.2. The molecule has 0 saturated heterocycles. The molecule has 3 nitrogen and oxygen atoms in total. The number of nitrogens with one attached hydrogen (secondary N) is 1. The molecule has 0 saturated carbocycles. The topological polar surface area (TPSA) is 45.7 Å². The van der Waals surface area contributed by atoms with Gasteiger partial charge < -0.3 is 10.6 Å². The van der Waals surface area contributed by atoms with Crippen molar-refractivity contribution in [2.75, 3.05) is 5.32 Å². The quantitative estimate of drug-likeness (QED) is 0.859. The summed E-state index contributed by atoms with van der Waals surface area (Å²) in [5.41, 5.74) is 1.84. The molecule has 1 amide bonds. The van der Waals surface area contributed by atoms with E-state index in [2.05, 4.69) is 12.2 Å². The summed E-state index contributed by atoms with van der Waals surface area (Å²) in [7, 11) is 0. The fourth-order valence-electron chi connectivity index (χ4n) is 2.21. The van der Waals surface area contributed by atoms with Crippen molar-refractivity contribution >= 4 is 34.8 Å². The molecule has 0 bridgehead atoms. The Kier molecular flexibility index (Phi) is 5.83. The van der Waals surface area contributed by atoms with Crippen LogP contribution in [-0.2, 0) is 4.79 Å². The predicted molar refractivity (Wildman–Crippen MR) is 91.3 cm³/mol. The summed E-state index contributed by atoms with van der Waals surface area (Å²) in [6, 6.07) is 14.7. The van der Waals surface area contributed by atoms with Crippen LogP contribution >= 0.6 is 23.2 Å². The van der Waals surface area contributed by atoms with Gasteiger partial charge in [0.15, 0.2) is 6.04 Å². The van der Waals surface area contributed by atoms with Crippen LogP contribution in [0.5, 0.6) is 0 Å². The Balaban J connectivity index is 1.94. The maximum atomic E-state index is 12.2. The van der Waals surface area contributed by atoms with Gasteiger partial charge in [-0.3, -0.25) is 4.79 Å². The summed E-state index contributed by atoms with van der Waals surface area (Å²) in [6.07, 6.45) is 0. The first kappa shape index (κ1) is 16.8. The van der Waals surface area contributed by atoms with Crippen molar-refractivity contribution in [2.45, 2.75) is 25.9 Å². The maximum Gasteiger partial charge on any atom is 0.282 e. The normalized spacial score (nSPS) is 13.5. The summed E-state index contributed by atoms with van der Waals surface area (Å²) in [6.45, 7) is 3.93. The number of nitrogens with two attached hydrogens (primary N) is 1. The highest BCUT2D eigenvalue weighted by Crippen LogP contribution is 2.15. The summed E-state index contributed by atoms with van der Waals surface area (Å²) in [4.78, 5) is 12.2. The number of anilines is 1. The van der Waals surface area contributed by atoms with Crippen LogP contribution in [0.3, 0.4) is 0 Å². The van der Waals surface area contributed by atoms with Gasteiger partial charge in [-0.05, 0) is 50.2 Å². The Bertz CT molecular complexity index is 643. The zero-order chi connectivity index (χ0) is 16.1. The van der Waals surface area contributed by atoms with Crippen LogP contribution in [0.2, 0.25) is 10.0 Å². The van der Waals surface area contributed by atoms with Gasteiger partial charge in [0.2, 0.25) is 0 Å². The molecular formula is C17H19Cl2N2O+. The van der Waals surface area contributed by atoms with Gasteiger partial charge in [0.05, 0.1) is 0 Å². The van der Waals surface area contributed by atoms with Gasteiger partial charge in [0, 0.05) is 21.3 Å². The van der Waals surface area contributed by atoms with Gasteiger partial charge in [-0.2, -0.15) is 0 Å². The van der Waals surface area contributed by atoms with Crippen molar-refractivity contribution in [3.8, 4) is 0 Å². The molecule has 5 heteroatoms. The van der Waals surface area contributed by atoms with Crippen molar-refractivity contribution in [2.24, 2.45) is 0 Å². The van der Waals surface area contributed by atoms with Crippen LogP contribution < -0.4 is 10.6 Å². The first-order valence-electron chi connectivity index (χ1n) is 7.12. The van der Waals surface area contributed by atoms with E-state index in [4.69, 9.17) is 23.2 Å². The van der Waals surface area contributed by atoms with Gasteiger partial charge in [-0.1, -0.05) is 35.3 Å². The highest BCUT2D eigenvalue weighted by molar-refractivity contribution is 6.30. The van der Waals surface area contributed by atoms with E-state index in [9.17, 15) is 4.79 Å². The highest BCUT2D eigenvalue weighted by Gasteiger charge is 2.20. The van der Waals surface area contributed by atoms with Gasteiger partial charge in [-0.25, -0.2) is 0 Å². The number of benzene rings is 2. The number of hydrogen-bond acceptors (Lipinski definition) is 1. The van der Waals surface area contributed by atoms with E-state index in [1.807, 2.05) is 36.5 Å². The number of quaternary nitrogens is 1. The predicted octanol–water partition coefficient (Wildman–Crippen LogP) is 3.65. The number of rotatable bonds is 5. The second-order valence-electron chi connectivity index (χ2n) is 5.32. The van der Waals surface area contributed by atoms with Crippen molar-refractivity contribution in [3.05, 3.63) is 64.1 Å². The summed E-state index contributed by atoms with van der Waals surface area (Å²) >= 11 is 11.8. The zero-order valence-corrected chi connectivity index (χ0v) is 14.0. The molecule has 0 aliphatic rings. The van der Waals surface area contributed by atoms with Gasteiger partial charge in [0.1, 0.15) is 6.04 Å². The smallest absolute Gasteiger partial charge is 0.282 e. The number of carbonyl (C=O) groups excluding carboxylic acids is 1. The summed E-state index contributed by atoms with van der Waals surface area (Å²) < 4.78 is 0. The van der Waals surface area contributed by atoms with Gasteiger partial charge in [-0.15, -0.1) is 0 Å². The van der Waals surface area contributed by atoms with Crippen molar-refractivity contribution in [1.29, 1.82) is 0 Å². The molecule has 3 N–H and O–H groups in total. The molecule has 2 atom stereocenters. The van der Waals surface area contributed by atoms with Crippen LogP contribution in [0.25, 0.3) is 0 Å². The van der Waals surface area contributed by atoms with E-state index in [0.717, 1.165) is 11.3 Å². The van der Waals surface area contributed by atoms with E-state index < -0.39 is 0 Å². The van der Waals surface area contributed by atoms with E-state index in [0.29, 0.717) is 10.0 Å². The molecule has 22 heavy (non-hydrogen) atoms. The molecule has 0 radical (unpaired) electrons. The standard InChI is InChI=1S/C17H18Cl2N2O/c1-11(13-4-3-5-15(19)10-13)20-12(2)17(22)21-16-8-6-14(18)7-9-16/h3-12,20H,1-2H3,(H,21,22)/p+1/t11-,12-/m0/s1. The third-order valence-electron chi connectivity index (χ3n) is 3.48. The van der Waals surface area contributed by atoms with Crippen LogP contribution in [0.4, 0.5) is 5.69 Å². The fraction of sp³-hybridized carbons (Fsp3) is 0.235. The van der Waals surface area contributed by atoms with Crippen LogP contribution in [0.15, 0.2) is 48.5 Å². The highest BCUT2D eigenvalue weighted by atomic mass is 35.5. The van der Waals surface area contributed by atoms with Crippen molar-refractivity contribution < 1.29 is 10.1 Å². The molecule has 0 aromatic heterocycles. The number of amides is 1. The molecular weight excluding hydrogens is 319 g/mol. The van der Waals surface area contributed by atoms with Crippen molar-refractivity contribution in [3.63, 3.8) is 0 Å². The molecule has 0 aliphatic carbocycles. The monoisotopic (exact) mass is 337 g/mol. The number of carbonyl (C=O) groups is 1. The Morgan fingerprint density at radius 1 is 1.05 bits per heavy atom. The molecule has 0 unspecified atom stereocenters. The molecule has 0 aliphatic heterocycles. The number of hydrogen-bond donors (Lipinski definition) is 2. The van der Waals surface area contributed by atoms with E-state index >= 15 is 0 Å². The average Bonchev–Trinajstić information content (AvgIpc) is 2.49. The second-order valence-corrected chi connectivity index (χ2v) is 6.19. The lowest BCUT2D eigenvalue weighted by atomic mass is 10.1. The Hall–Kier alpha value is -1.55. The zero-order valence-electron chi connectivity index (χ0n) is 12.5. The lowest BCUT2D eigenvalue weighted by molar-refractivity contribution is -0.709. The third-order valence-corrected chi connectivity index (χ3v) is 3.96. The largest absolute Gasteiger partial charge is 0.330 e. The molecule has 0 heterocycles. The molecule has 2 aromatic carbocycles. The first-order chi connectivity index (χ1) is 10.5. The molecule has 0 spiro atoms. The van der Waals surface area contributed by atoms with E-state index in [1.165, 1.54) is 0 Å². The Morgan fingerprint density at radius 3 is 2.36 bits per heavy atom. The summed E-state index contributed by atoms with van der Waals surface area (Å²) in [5.74, 6) is -0.0452. The van der Waals surface area contributed by atoms with E-state index in [1.54, 1.807) is 24.3 Å². The number of halogens is 2. The van der Waals surface area contributed by atoms with Crippen LogP contribution in [0, 0.1) is 0 Å². The third kappa shape index (κ3) is 4.73. The van der Waals surface area contributed by atoms with Gasteiger partial charge >= 0.3 is 0 Å². The minimum Gasteiger partial charge on any atom is -0.330 e. The lowest BCUT2D eigenvalue weighted by Crippen LogP contribution is -2.91.